The molecule has 14 heavy (non-hydrogen) atoms. The molecule has 0 aliphatic carbocycles. The number of rotatable bonds is 1. The molecule has 3 nitrogen and oxygen atoms in total. The molecule has 0 atom stereocenters. The average Bonchev–Trinajstić information content (AvgIpc) is 2.60. The molecule has 0 N–H and O–H groups in total. The van der Waals surface area contributed by atoms with E-state index in [0.29, 0.717) is 5.56 Å². The Bertz CT molecular complexity index is 520. The fourth-order valence-corrected chi connectivity index (χ4v) is 1.64. The van der Waals surface area contributed by atoms with Gasteiger partial charge in [-0.2, -0.15) is 5.26 Å². The number of hydrogen-bond donors (Lipinski definition) is 0. The highest BCUT2D eigenvalue weighted by molar-refractivity contribution is 5.90. The Morgan fingerprint density at radius 2 is 2.14 bits per heavy atom. The molecule has 2 aromatic rings. The van der Waals surface area contributed by atoms with Crippen molar-refractivity contribution in [1.82, 2.24) is 4.57 Å². The molecule has 0 unspecified atom stereocenters. The van der Waals surface area contributed by atoms with Crippen LogP contribution in [0.25, 0.3) is 10.9 Å². The van der Waals surface area contributed by atoms with Gasteiger partial charge in [0.2, 0.25) is 0 Å². The van der Waals surface area contributed by atoms with Gasteiger partial charge in [-0.1, -0.05) is 0 Å². The van der Waals surface area contributed by atoms with Gasteiger partial charge in [-0.25, -0.2) is 0 Å². The Morgan fingerprint density at radius 1 is 1.36 bits per heavy atom. The third-order valence-electron chi connectivity index (χ3n) is 2.34. The topological polar surface area (TPSA) is 37.9 Å². The second kappa shape index (κ2) is 3.08. The van der Waals surface area contributed by atoms with Crippen molar-refractivity contribution in [3.8, 4) is 11.8 Å². The van der Waals surface area contributed by atoms with E-state index in [1.165, 1.54) is 0 Å². The van der Waals surface area contributed by atoms with Gasteiger partial charge in [0.25, 0.3) is 0 Å². The third-order valence-corrected chi connectivity index (χ3v) is 2.34. The maximum atomic E-state index is 8.91. The summed E-state index contributed by atoms with van der Waals surface area (Å²) in [5.41, 5.74) is 1.65. The van der Waals surface area contributed by atoms with Crippen LogP contribution in [-0.4, -0.2) is 11.7 Å². The van der Waals surface area contributed by atoms with E-state index in [4.69, 9.17) is 10.00 Å². The lowest BCUT2D eigenvalue weighted by atomic mass is 10.1. The number of nitrogens with zero attached hydrogens (tertiary/aromatic N) is 2. The first-order valence-electron chi connectivity index (χ1n) is 4.30. The molecule has 0 fully saturated rings. The van der Waals surface area contributed by atoms with Crippen LogP contribution in [0, 0.1) is 11.3 Å². The zero-order valence-electron chi connectivity index (χ0n) is 8.11. The highest BCUT2D eigenvalue weighted by atomic mass is 16.5. The molecule has 1 heterocycles. The summed E-state index contributed by atoms with van der Waals surface area (Å²) in [6.07, 6.45) is 1.92. The molecule has 0 saturated carbocycles. The monoisotopic (exact) mass is 186 g/mol. The summed E-state index contributed by atoms with van der Waals surface area (Å²) in [4.78, 5) is 0. The zero-order chi connectivity index (χ0) is 10.1. The van der Waals surface area contributed by atoms with Gasteiger partial charge in [-0.15, -0.1) is 0 Å². The molecule has 0 amide bonds. The molecule has 0 saturated heterocycles. The molecule has 70 valence electrons. The summed E-state index contributed by atoms with van der Waals surface area (Å²) in [6.45, 7) is 0. The van der Waals surface area contributed by atoms with Gasteiger partial charge >= 0.3 is 0 Å². The zero-order valence-corrected chi connectivity index (χ0v) is 8.11. The van der Waals surface area contributed by atoms with Crippen molar-refractivity contribution in [1.29, 1.82) is 5.26 Å². The average molecular weight is 186 g/mol. The van der Waals surface area contributed by atoms with Crippen molar-refractivity contribution in [2.75, 3.05) is 7.11 Å². The second-order valence-corrected chi connectivity index (χ2v) is 3.12. The van der Waals surface area contributed by atoms with E-state index in [-0.39, 0.29) is 0 Å². The Morgan fingerprint density at radius 3 is 2.79 bits per heavy atom. The summed E-state index contributed by atoms with van der Waals surface area (Å²) >= 11 is 0. The minimum Gasteiger partial charge on any atom is -0.495 e. The summed E-state index contributed by atoms with van der Waals surface area (Å²) in [7, 11) is 3.57. The smallest absolute Gasteiger partial charge is 0.143 e. The van der Waals surface area contributed by atoms with Gasteiger partial charge in [0.05, 0.1) is 24.3 Å². The maximum absolute atomic E-state index is 8.91. The van der Waals surface area contributed by atoms with E-state index in [1.807, 2.05) is 29.9 Å². The molecular formula is C11H10N2O. The van der Waals surface area contributed by atoms with Gasteiger partial charge in [0.1, 0.15) is 5.75 Å². The highest BCUT2D eigenvalue weighted by Crippen LogP contribution is 2.28. The number of ether oxygens (including phenoxy) is 1. The summed E-state index contributed by atoms with van der Waals surface area (Å²) in [6, 6.07) is 7.69. The van der Waals surface area contributed by atoms with Crippen molar-refractivity contribution in [3.63, 3.8) is 0 Å². The number of hydrogen-bond acceptors (Lipinski definition) is 2. The largest absolute Gasteiger partial charge is 0.495 e. The molecule has 2 rings (SSSR count). The van der Waals surface area contributed by atoms with Crippen LogP contribution >= 0.6 is 0 Å². The minimum atomic E-state index is 0.682. The predicted octanol–water partition coefficient (Wildman–Crippen LogP) is 2.06. The number of fused-ring (bicyclic) bond motifs is 1. The highest BCUT2D eigenvalue weighted by Gasteiger charge is 2.08. The van der Waals surface area contributed by atoms with Crippen LogP contribution in [0.1, 0.15) is 5.56 Å². The first-order chi connectivity index (χ1) is 6.77. The van der Waals surface area contributed by atoms with Crippen LogP contribution in [0.5, 0.6) is 5.75 Å². The summed E-state index contributed by atoms with van der Waals surface area (Å²) in [5.74, 6) is 0.798. The standard InChI is InChI=1S/C11H10N2O/c1-13-6-5-9-8(7-12)3-4-10(14-2)11(9)13/h3-6H,1-2H3. The van der Waals surface area contributed by atoms with Crippen LogP contribution in [-0.2, 0) is 7.05 Å². The van der Waals surface area contributed by atoms with Crippen LogP contribution in [0.4, 0.5) is 0 Å². The fourth-order valence-electron chi connectivity index (χ4n) is 1.64. The molecular weight excluding hydrogens is 176 g/mol. The van der Waals surface area contributed by atoms with Crippen molar-refractivity contribution in [2.24, 2.45) is 7.05 Å². The molecule has 1 aromatic carbocycles. The summed E-state index contributed by atoms with van der Waals surface area (Å²) < 4.78 is 7.19. The van der Waals surface area contributed by atoms with Crippen molar-refractivity contribution in [2.45, 2.75) is 0 Å². The van der Waals surface area contributed by atoms with Gasteiger partial charge in [-0.05, 0) is 18.2 Å². The molecule has 0 spiro atoms. The molecule has 0 aliphatic heterocycles. The normalized spacial score (nSPS) is 10.1. The first kappa shape index (κ1) is 8.64. The lowest BCUT2D eigenvalue weighted by Gasteiger charge is -2.04. The van der Waals surface area contributed by atoms with Gasteiger partial charge in [-0.3, -0.25) is 0 Å². The van der Waals surface area contributed by atoms with Crippen molar-refractivity contribution in [3.05, 3.63) is 30.0 Å². The van der Waals surface area contributed by atoms with E-state index in [9.17, 15) is 0 Å². The minimum absolute atomic E-state index is 0.682. The third kappa shape index (κ3) is 1.05. The fraction of sp³-hybridized carbons (Fsp3) is 0.182. The Hall–Kier alpha value is -1.95. The lowest BCUT2D eigenvalue weighted by Crippen LogP contribution is -1.91. The van der Waals surface area contributed by atoms with Gasteiger partial charge < -0.3 is 9.30 Å². The Labute approximate surface area is 82.1 Å². The van der Waals surface area contributed by atoms with Crippen LogP contribution in [0.15, 0.2) is 24.4 Å². The Balaban J connectivity index is 2.89. The number of aryl methyl sites for hydroxylation is 1. The molecule has 3 heteroatoms. The van der Waals surface area contributed by atoms with E-state index in [2.05, 4.69) is 6.07 Å². The lowest BCUT2D eigenvalue weighted by molar-refractivity contribution is 0.418. The molecule has 1 aromatic heterocycles. The summed E-state index contributed by atoms with van der Waals surface area (Å²) in [5, 5.41) is 9.85. The number of methoxy groups -OCH3 is 1. The van der Waals surface area contributed by atoms with Crippen molar-refractivity contribution >= 4 is 10.9 Å². The second-order valence-electron chi connectivity index (χ2n) is 3.12. The van der Waals surface area contributed by atoms with Crippen LogP contribution in [0.3, 0.4) is 0 Å². The first-order valence-corrected chi connectivity index (χ1v) is 4.30. The van der Waals surface area contributed by atoms with E-state index in [0.717, 1.165) is 16.7 Å². The molecule has 0 aliphatic rings. The van der Waals surface area contributed by atoms with E-state index in [1.54, 1.807) is 13.2 Å². The van der Waals surface area contributed by atoms with Gasteiger partial charge in [0, 0.05) is 18.6 Å². The number of aromatic nitrogens is 1. The SMILES string of the molecule is COc1ccc(C#N)c2ccn(C)c12. The van der Waals surface area contributed by atoms with Gasteiger partial charge in [0.15, 0.2) is 0 Å². The predicted molar refractivity (Wildman–Crippen MR) is 54.2 cm³/mol. The number of nitriles is 1. The van der Waals surface area contributed by atoms with Crippen molar-refractivity contribution < 1.29 is 4.74 Å². The van der Waals surface area contributed by atoms with E-state index >= 15 is 0 Å². The maximum Gasteiger partial charge on any atom is 0.143 e. The van der Waals surface area contributed by atoms with E-state index < -0.39 is 0 Å². The van der Waals surface area contributed by atoms with Crippen LogP contribution < -0.4 is 4.74 Å². The number of benzene rings is 1. The van der Waals surface area contributed by atoms with Crippen LogP contribution in [0.2, 0.25) is 0 Å². The molecule has 0 bridgehead atoms. The quantitative estimate of drug-likeness (QED) is 0.683. The Kier molecular flexibility index (Phi) is 1.90. The molecule has 0 radical (unpaired) electrons.